The number of ether oxygens (including phenoxy) is 1. The summed E-state index contributed by atoms with van der Waals surface area (Å²) < 4.78 is 11.4. The van der Waals surface area contributed by atoms with E-state index in [0.717, 1.165) is 32.9 Å². The maximum atomic E-state index is 5.99. The Bertz CT molecular complexity index is 181. The summed E-state index contributed by atoms with van der Waals surface area (Å²) in [5.41, 5.74) is 0.640. The second-order valence-electron chi connectivity index (χ2n) is 4.61. The van der Waals surface area contributed by atoms with Crippen molar-refractivity contribution in [3.63, 3.8) is 0 Å². The van der Waals surface area contributed by atoms with E-state index < -0.39 is 8.32 Å². The minimum Gasteiger partial charge on any atom is -0.416 e. The fourth-order valence-corrected chi connectivity index (χ4v) is 5.60. The van der Waals surface area contributed by atoms with Crippen molar-refractivity contribution in [1.82, 2.24) is 4.90 Å². The lowest BCUT2D eigenvalue weighted by Crippen LogP contribution is -2.57. The summed E-state index contributed by atoms with van der Waals surface area (Å²) in [6.07, 6.45) is 1.19. The molecule has 1 rings (SSSR count). The highest BCUT2D eigenvalue weighted by molar-refractivity contribution is 6.72. The van der Waals surface area contributed by atoms with Crippen molar-refractivity contribution in [2.24, 2.45) is 0 Å². The number of hydrogen-bond donors (Lipinski definition) is 0. The molecule has 1 atom stereocenters. The van der Waals surface area contributed by atoms with E-state index in [-0.39, 0.29) is 0 Å². The predicted molar refractivity (Wildman–Crippen MR) is 65.6 cm³/mol. The Balaban J connectivity index is 2.59. The van der Waals surface area contributed by atoms with Crippen molar-refractivity contribution in [3.8, 4) is 0 Å². The Morgan fingerprint density at radius 3 is 2.33 bits per heavy atom. The molecule has 1 aliphatic heterocycles. The highest BCUT2D eigenvalue weighted by Gasteiger charge is 2.36. The quantitative estimate of drug-likeness (QED) is 0.674. The maximum Gasteiger partial charge on any atom is 0.203 e. The smallest absolute Gasteiger partial charge is 0.203 e. The average Bonchev–Trinajstić information content (AvgIpc) is 2.19. The van der Waals surface area contributed by atoms with Crippen LogP contribution in [-0.4, -0.2) is 51.8 Å². The fourth-order valence-electron chi connectivity index (χ4n) is 2.55. The molecule has 15 heavy (non-hydrogen) atoms. The first-order valence-electron chi connectivity index (χ1n) is 6.07. The number of morpholine rings is 1. The van der Waals surface area contributed by atoms with Gasteiger partial charge in [0.1, 0.15) is 0 Å². The normalized spacial score (nSPS) is 21.6. The van der Waals surface area contributed by atoms with Gasteiger partial charge in [0.05, 0.1) is 13.2 Å². The molecule has 0 aromatic rings. The Morgan fingerprint density at radius 1 is 1.27 bits per heavy atom. The molecule has 0 radical (unpaired) electrons. The molecule has 0 saturated carbocycles. The van der Waals surface area contributed by atoms with Crippen molar-refractivity contribution < 1.29 is 9.16 Å². The highest BCUT2D eigenvalue weighted by atomic mass is 28.4. The third-order valence-electron chi connectivity index (χ3n) is 3.19. The average molecular weight is 231 g/mol. The molecule has 0 aliphatic carbocycles. The lowest BCUT2D eigenvalue weighted by molar-refractivity contribution is 0.0254. The van der Waals surface area contributed by atoms with Crippen LogP contribution in [0, 0.1) is 0 Å². The molecule has 3 nitrogen and oxygen atoms in total. The molecule has 1 saturated heterocycles. The van der Waals surface area contributed by atoms with Gasteiger partial charge >= 0.3 is 0 Å². The SMILES string of the molecule is CCO[Si](C)(C)C(CC)N1CCOCC1. The monoisotopic (exact) mass is 231 g/mol. The van der Waals surface area contributed by atoms with Crippen molar-refractivity contribution in [3.05, 3.63) is 0 Å². The Morgan fingerprint density at radius 2 is 1.87 bits per heavy atom. The van der Waals surface area contributed by atoms with E-state index in [4.69, 9.17) is 9.16 Å². The van der Waals surface area contributed by atoms with Gasteiger partial charge in [0.25, 0.3) is 0 Å². The van der Waals surface area contributed by atoms with Crippen molar-refractivity contribution in [2.45, 2.75) is 39.0 Å². The van der Waals surface area contributed by atoms with Gasteiger partial charge in [0.2, 0.25) is 8.32 Å². The second-order valence-corrected chi connectivity index (χ2v) is 8.77. The highest BCUT2D eigenvalue weighted by Crippen LogP contribution is 2.20. The minimum atomic E-state index is -1.55. The molecule has 0 aromatic carbocycles. The third kappa shape index (κ3) is 3.55. The zero-order chi connectivity index (χ0) is 11.3. The van der Waals surface area contributed by atoms with Crippen molar-refractivity contribution >= 4 is 8.32 Å². The fraction of sp³-hybridized carbons (Fsp3) is 1.00. The summed E-state index contributed by atoms with van der Waals surface area (Å²) in [6.45, 7) is 13.8. The third-order valence-corrected chi connectivity index (χ3v) is 6.60. The first-order chi connectivity index (χ1) is 7.11. The molecule has 1 aliphatic rings. The number of rotatable bonds is 5. The largest absolute Gasteiger partial charge is 0.416 e. The molecule has 0 amide bonds. The van der Waals surface area contributed by atoms with Crippen LogP contribution in [0.1, 0.15) is 20.3 Å². The molecule has 4 heteroatoms. The minimum absolute atomic E-state index is 0.640. The molecule has 1 heterocycles. The van der Waals surface area contributed by atoms with Gasteiger partial charge < -0.3 is 9.16 Å². The van der Waals surface area contributed by atoms with E-state index in [2.05, 4.69) is 31.8 Å². The van der Waals surface area contributed by atoms with Crippen LogP contribution in [0.25, 0.3) is 0 Å². The van der Waals surface area contributed by atoms with Gasteiger partial charge in [-0.25, -0.2) is 0 Å². The van der Waals surface area contributed by atoms with Crippen LogP contribution >= 0.6 is 0 Å². The lowest BCUT2D eigenvalue weighted by Gasteiger charge is -2.41. The molecular formula is C11H25NO2Si. The molecule has 0 N–H and O–H groups in total. The van der Waals surface area contributed by atoms with E-state index in [1.807, 2.05) is 0 Å². The van der Waals surface area contributed by atoms with Gasteiger partial charge in [-0.05, 0) is 26.4 Å². The van der Waals surface area contributed by atoms with Gasteiger partial charge in [-0.1, -0.05) is 6.92 Å². The summed E-state index contributed by atoms with van der Waals surface area (Å²) >= 11 is 0. The molecule has 1 unspecified atom stereocenters. The number of nitrogens with zero attached hydrogens (tertiary/aromatic N) is 1. The number of hydrogen-bond acceptors (Lipinski definition) is 3. The van der Waals surface area contributed by atoms with Crippen LogP contribution in [-0.2, 0) is 9.16 Å². The standard InChI is InChI=1S/C11H25NO2Si/c1-5-11(15(3,4)14-6-2)12-7-9-13-10-8-12/h11H,5-10H2,1-4H3. The Hall–Kier alpha value is 0.0969. The molecule has 0 bridgehead atoms. The molecule has 1 fully saturated rings. The first kappa shape index (κ1) is 13.2. The lowest BCUT2D eigenvalue weighted by atomic mass is 10.3. The summed E-state index contributed by atoms with van der Waals surface area (Å²) in [6, 6.07) is 0. The second kappa shape index (κ2) is 5.99. The van der Waals surface area contributed by atoms with E-state index in [9.17, 15) is 0 Å². The summed E-state index contributed by atoms with van der Waals surface area (Å²) in [5.74, 6) is 0. The van der Waals surface area contributed by atoms with Gasteiger partial charge in [0.15, 0.2) is 0 Å². The summed E-state index contributed by atoms with van der Waals surface area (Å²) in [4.78, 5) is 2.56. The van der Waals surface area contributed by atoms with E-state index in [1.54, 1.807) is 0 Å². The summed E-state index contributed by atoms with van der Waals surface area (Å²) in [5, 5.41) is 0. The Labute approximate surface area is 94.9 Å². The Kier molecular flexibility index (Phi) is 5.25. The zero-order valence-electron chi connectivity index (χ0n) is 10.6. The van der Waals surface area contributed by atoms with Crippen molar-refractivity contribution in [1.29, 1.82) is 0 Å². The molecule has 0 aromatic heterocycles. The van der Waals surface area contributed by atoms with Crippen LogP contribution in [0.3, 0.4) is 0 Å². The van der Waals surface area contributed by atoms with Gasteiger partial charge in [-0.15, -0.1) is 0 Å². The molecular weight excluding hydrogens is 206 g/mol. The summed E-state index contributed by atoms with van der Waals surface area (Å²) in [7, 11) is -1.55. The van der Waals surface area contributed by atoms with Crippen LogP contribution in [0.2, 0.25) is 13.1 Å². The van der Waals surface area contributed by atoms with Crippen LogP contribution in [0.15, 0.2) is 0 Å². The predicted octanol–water partition coefficient (Wildman–Crippen LogP) is 1.88. The zero-order valence-corrected chi connectivity index (χ0v) is 11.6. The van der Waals surface area contributed by atoms with E-state index in [1.165, 1.54) is 6.42 Å². The van der Waals surface area contributed by atoms with Gasteiger partial charge in [-0.2, -0.15) is 0 Å². The van der Waals surface area contributed by atoms with Crippen LogP contribution in [0.4, 0.5) is 0 Å². The van der Waals surface area contributed by atoms with Crippen molar-refractivity contribution in [2.75, 3.05) is 32.9 Å². The topological polar surface area (TPSA) is 21.7 Å². The first-order valence-corrected chi connectivity index (χ1v) is 9.06. The van der Waals surface area contributed by atoms with Crippen LogP contribution < -0.4 is 0 Å². The van der Waals surface area contributed by atoms with Gasteiger partial charge in [0, 0.05) is 25.4 Å². The van der Waals surface area contributed by atoms with E-state index in [0.29, 0.717) is 5.67 Å². The molecule has 90 valence electrons. The maximum absolute atomic E-state index is 5.99. The molecule has 0 spiro atoms. The van der Waals surface area contributed by atoms with E-state index >= 15 is 0 Å². The van der Waals surface area contributed by atoms with Gasteiger partial charge in [-0.3, -0.25) is 4.90 Å². The van der Waals surface area contributed by atoms with Crippen LogP contribution in [0.5, 0.6) is 0 Å².